The second-order valence-electron chi connectivity index (χ2n) is 5.63. The Labute approximate surface area is 180 Å². The number of ether oxygens (including phenoxy) is 3. The van der Waals surface area contributed by atoms with Gasteiger partial charge in [-0.25, -0.2) is 14.6 Å². The van der Waals surface area contributed by atoms with Crippen LogP contribution in [0.2, 0.25) is 5.02 Å². The summed E-state index contributed by atoms with van der Waals surface area (Å²) in [5.41, 5.74) is 1.37. The molecule has 0 unspecified atom stereocenters. The van der Waals surface area contributed by atoms with E-state index in [0.717, 1.165) is 3.57 Å². The average Bonchev–Trinajstić information content (AvgIpc) is 3.03. The molecule has 2 aromatic carbocycles. The van der Waals surface area contributed by atoms with Crippen molar-refractivity contribution in [1.29, 1.82) is 0 Å². The predicted octanol–water partition coefficient (Wildman–Crippen LogP) is 4.23. The molecule has 28 heavy (non-hydrogen) atoms. The molecule has 0 amide bonds. The minimum absolute atomic E-state index is 0.146. The zero-order chi connectivity index (χ0) is 20.1. The van der Waals surface area contributed by atoms with Crippen LogP contribution in [-0.4, -0.2) is 31.1 Å². The number of hydrogen-bond donors (Lipinski definition) is 0. The normalized spacial score (nSPS) is 14.6. The van der Waals surface area contributed by atoms with Gasteiger partial charge < -0.3 is 14.2 Å². The van der Waals surface area contributed by atoms with Crippen LogP contribution < -0.4 is 4.74 Å². The zero-order valence-electron chi connectivity index (χ0n) is 14.8. The first-order valence-electron chi connectivity index (χ1n) is 8.32. The van der Waals surface area contributed by atoms with Crippen molar-refractivity contribution < 1.29 is 23.8 Å². The number of carbonyl (C=O) groups excluding carboxylic acids is 2. The molecule has 0 aliphatic carbocycles. The Bertz CT molecular complexity index is 986. The minimum Gasteiger partial charge on any atom is -0.482 e. The van der Waals surface area contributed by atoms with Gasteiger partial charge in [-0.05, 0) is 71.5 Å². The summed E-state index contributed by atoms with van der Waals surface area (Å²) in [6.45, 7) is 1.83. The second kappa shape index (κ2) is 9.20. The summed E-state index contributed by atoms with van der Waals surface area (Å²) < 4.78 is 16.4. The molecule has 0 saturated heterocycles. The first-order chi connectivity index (χ1) is 13.5. The topological polar surface area (TPSA) is 74.2 Å². The Morgan fingerprint density at radius 1 is 1.29 bits per heavy atom. The molecule has 0 fully saturated rings. The quantitative estimate of drug-likeness (QED) is 0.330. The van der Waals surface area contributed by atoms with E-state index in [1.165, 1.54) is 0 Å². The van der Waals surface area contributed by atoms with Gasteiger partial charge in [0.25, 0.3) is 0 Å². The van der Waals surface area contributed by atoms with Crippen molar-refractivity contribution in [3.05, 3.63) is 67.9 Å². The van der Waals surface area contributed by atoms with Crippen LogP contribution in [-0.2, 0) is 19.1 Å². The smallest absolute Gasteiger partial charge is 0.363 e. The molecule has 0 spiro atoms. The van der Waals surface area contributed by atoms with E-state index in [4.69, 9.17) is 25.8 Å². The fourth-order valence-electron chi connectivity index (χ4n) is 2.38. The van der Waals surface area contributed by atoms with Crippen LogP contribution >= 0.6 is 34.2 Å². The molecular weight excluding hydrogens is 497 g/mol. The molecule has 1 aliphatic rings. The van der Waals surface area contributed by atoms with Crippen molar-refractivity contribution in [1.82, 2.24) is 0 Å². The van der Waals surface area contributed by atoms with E-state index in [0.29, 0.717) is 28.5 Å². The van der Waals surface area contributed by atoms with E-state index >= 15 is 0 Å². The van der Waals surface area contributed by atoms with Crippen LogP contribution in [0.15, 0.2) is 53.2 Å². The van der Waals surface area contributed by atoms with Gasteiger partial charge in [-0.2, -0.15) is 0 Å². The van der Waals surface area contributed by atoms with Crippen molar-refractivity contribution in [2.75, 3.05) is 13.2 Å². The Morgan fingerprint density at radius 3 is 2.89 bits per heavy atom. The Hall–Kier alpha value is -2.39. The van der Waals surface area contributed by atoms with E-state index in [2.05, 4.69) is 27.6 Å². The summed E-state index contributed by atoms with van der Waals surface area (Å²) >= 11 is 8.33. The summed E-state index contributed by atoms with van der Waals surface area (Å²) in [4.78, 5) is 27.9. The SMILES string of the molecule is CCOC(=O)COc1cccc(/C=C2\N=C(c3cc(I)ccc3Cl)OC2=O)c1. The van der Waals surface area contributed by atoms with Gasteiger partial charge in [0.05, 0.1) is 17.2 Å². The molecule has 0 N–H and O–H groups in total. The van der Waals surface area contributed by atoms with Gasteiger partial charge in [-0.1, -0.05) is 23.7 Å². The molecule has 0 radical (unpaired) electrons. The largest absolute Gasteiger partial charge is 0.482 e. The van der Waals surface area contributed by atoms with Gasteiger partial charge in [0.2, 0.25) is 5.90 Å². The Kier molecular flexibility index (Phi) is 6.69. The highest BCUT2D eigenvalue weighted by Crippen LogP contribution is 2.26. The Morgan fingerprint density at radius 2 is 2.11 bits per heavy atom. The lowest BCUT2D eigenvalue weighted by Crippen LogP contribution is -2.14. The first kappa shape index (κ1) is 20.3. The monoisotopic (exact) mass is 511 g/mol. The molecule has 0 saturated carbocycles. The number of halogens is 2. The third kappa shape index (κ3) is 5.11. The van der Waals surface area contributed by atoms with Crippen LogP contribution in [0.3, 0.4) is 0 Å². The van der Waals surface area contributed by atoms with Gasteiger partial charge in [-0.3, -0.25) is 0 Å². The molecule has 3 rings (SSSR count). The molecule has 0 bridgehead atoms. The van der Waals surface area contributed by atoms with Crippen LogP contribution in [0.25, 0.3) is 6.08 Å². The minimum atomic E-state index is -0.567. The standard InChI is InChI=1S/C20H15ClINO5/c1-2-26-18(24)11-27-14-5-3-4-12(8-14)9-17-20(25)28-19(23-17)15-10-13(22)6-7-16(15)21/h3-10H,2,11H2,1H3/b17-9-. The lowest BCUT2D eigenvalue weighted by Gasteiger charge is -2.06. The van der Waals surface area contributed by atoms with E-state index in [1.54, 1.807) is 49.4 Å². The average molecular weight is 512 g/mol. The molecule has 6 nitrogen and oxygen atoms in total. The third-order valence-electron chi connectivity index (χ3n) is 3.60. The van der Waals surface area contributed by atoms with Gasteiger partial charge >= 0.3 is 11.9 Å². The summed E-state index contributed by atoms with van der Waals surface area (Å²) in [6, 6.07) is 12.3. The van der Waals surface area contributed by atoms with Gasteiger partial charge in [0.1, 0.15) is 5.75 Å². The van der Waals surface area contributed by atoms with Crippen LogP contribution in [0.5, 0.6) is 5.75 Å². The lowest BCUT2D eigenvalue weighted by atomic mass is 10.2. The first-order valence-corrected chi connectivity index (χ1v) is 9.78. The highest BCUT2D eigenvalue weighted by Gasteiger charge is 2.25. The van der Waals surface area contributed by atoms with Gasteiger partial charge in [-0.15, -0.1) is 0 Å². The van der Waals surface area contributed by atoms with Crippen molar-refractivity contribution in [2.24, 2.45) is 4.99 Å². The molecule has 1 aliphatic heterocycles. The highest BCUT2D eigenvalue weighted by atomic mass is 127. The number of esters is 2. The molecule has 2 aromatic rings. The molecule has 1 heterocycles. The maximum atomic E-state index is 12.2. The number of aliphatic imine (C=N–C) groups is 1. The van der Waals surface area contributed by atoms with Crippen molar-refractivity contribution in [3.63, 3.8) is 0 Å². The summed E-state index contributed by atoms with van der Waals surface area (Å²) in [6.07, 6.45) is 1.58. The van der Waals surface area contributed by atoms with Crippen molar-refractivity contribution >= 4 is 58.1 Å². The number of carbonyl (C=O) groups is 2. The van der Waals surface area contributed by atoms with E-state index < -0.39 is 11.9 Å². The van der Waals surface area contributed by atoms with Gasteiger partial charge in [0.15, 0.2) is 12.3 Å². The zero-order valence-corrected chi connectivity index (χ0v) is 17.7. The molecule has 8 heteroatoms. The fourth-order valence-corrected chi connectivity index (χ4v) is 3.07. The van der Waals surface area contributed by atoms with E-state index in [1.807, 2.05) is 6.07 Å². The van der Waals surface area contributed by atoms with E-state index in [-0.39, 0.29) is 18.2 Å². The molecule has 0 aromatic heterocycles. The van der Waals surface area contributed by atoms with Crippen LogP contribution in [0.1, 0.15) is 18.1 Å². The molecule has 144 valence electrons. The lowest BCUT2D eigenvalue weighted by molar-refractivity contribution is -0.145. The predicted molar refractivity (Wildman–Crippen MR) is 113 cm³/mol. The second-order valence-corrected chi connectivity index (χ2v) is 7.28. The fraction of sp³-hybridized carbons (Fsp3) is 0.150. The number of hydrogen-bond acceptors (Lipinski definition) is 6. The summed E-state index contributed by atoms with van der Waals surface area (Å²) in [5, 5.41) is 0.447. The third-order valence-corrected chi connectivity index (χ3v) is 4.60. The summed E-state index contributed by atoms with van der Waals surface area (Å²) in [5.74, 6) is -0.384. The van der Waals surface area contributed by atoms with Crippen molar-refractivity contribution in [3.8, 4) is 5.75 Å². The summed E-state index contributed by atoms with van der Waals surface area (Å²) in [7, 11) is 0. The Balaban J connectivity index is 1.80. The number of cyclic esters (lactones) is 1. The maximum Gasteiger partial charge on any atom is 0.363 e. The number of nitrogens with zero attached hydrogens (tertiary/aromatic N) is 1. The number of benzene rings is 2. The van der Waals surface area contributed by atoms with Gasteiger partial charge in [0, 0.05) is 3.57 Å². The van der Waals surface area contributed by atoms with Crippen LogP contribution in [0, 0.1) is 3.57 Å². The number of rotatable bonds is 6. The molecular formula is C20H15ClINO5. The van der Waals surface area contributed by atoms with E-state index in [9.17, 15) is 9.59 Å². The van der Waals surface area contributed by atoms with Crippen LogP contribution in [0.4, 0.5) is 0 Å². The maximum absolute atomic E-state index is 12.2. The van der Waals surface area contributed by atoms with Crippen molar-refractivity contribution in [2.45, 2.75) is 6.92 Å². The highest BCUT2D eigenvalue weighted by molar-refractivity contribution is 14.1. The molecule has 0 atom stereocenters.